The summed E-state index contributed by atoms with van der Waals surface area (Å²) in [6.07, 6.45) is 0. The molecule has 0 fully saturated rings. The molecular weight excluding hydrogens is 273 g/mol. The van der Waals surface area contributed by atoms with Gasteiger partial charge in [0.1, 0.15) is 10.7 Å². The highest BCUT2D eigenvalue weighted by Crippen LogP contribution is 2.33. The van der Waals surface area contributed by atoms with E-state index in [-0.39, 0.29) is 15.5 Å². The third kappa shape index (κ3) is 1.69. The van der Waals surface area contributed by atoms with Crippen molar-refractivity contribution in [3.63, 3.8) is 0 Å². The summed E-state index contributed by atoms with van der Waals surface area (Å²) in [5.41, 5.74) is 0.539. The second-order valence-electron chi connectivity index (χ2n) is 3.27. The lowest BCUT2D eigenvalue weighted by molar-refractivity contribution is 0.426. The summed E-state index contributed by atoms with van der Waals surface area (Å²) >= 11 is 17.9. The molecule has 0 amide bonds. The largest absolute Gasteiger partial charge is 0.490 e. The van der Waals surface area contributed by atoms with E-state index >= 15 is 0 Å². The Morgan fingerprint density at radius 1 is 1.31 bits per heavy atom. The zero-order valence-electron chi connectivity index (χ0n) is 8.08. The maximum Gasteiger partial charge on any atom is 0.490 e. The van der Waals surface area contributed by atoms with Crippen molar-refractivity contribution in [2.24, 2.45) is 7.05 Å². The molecule has 0 aliphatic heterocycles. The number of hydrogen-bond acceptors (Lipinski definition) is 3. The SMILES string of the molecule is Cn1nc2c(Cl)cc(B(O)O)c(Cl)c2c1Cl. The van der Waals surface area contributed by atoms with E-state index < -0.39 is 7.12 Å². The third-order valence-electron chi connectivity index (χ3n) is 2.24. The summed E-state index contributed by atoms with van der Waals surface area (Å²) in [6, 6.07) is 1.36. The first kappa shape index (κ1) is 12.0. The number of aromatic nitrogens is 2. The molecule has 8 heteroatoms. The van der Waals surface area contributed by atoms with E-state index in [9.17, 15) is 0 Å². The van der Waals surface area contributed by atoms with Crippen LogP contribution in [0.2, 0.25) is 15.2 Å². The summed E-state index contributed by atoms with van der Waals surface area (Å²) in [5.74, 6) is 0. The van der Waals surface area contributed by atoms with Crippen LogP contribution < -0.4 is 5.46 Å². The van der Waals surface area contributed by atoms with E-state index in [0.717, 1.165) is 0 Å². The molecule has 1 aromatic heterocycles. The van der Waals surface area contributed by atoms with E-state index in [4.69, 9.17) is 44.9 Å². The molecule has 2 rings (SSSR count). The first-order valence-electron chi connectivity index (χ1n) is 4.29. The molecule has 0 spiro atoms. The average molecular weight is 279 g/mol. The maximum absolute atomic E-state index is 9.13. The van der Waals surface area contributed by atoms with Gasteiger partial charge >= 0.3 is 7.12 Å². The van der Waals surface area contributed by atoms with Crippen molar-refractivity contribution in [3.8, 4) is 0 Å². The van der Waals surface area contributed by atoms with Crippen LogP contribution >= 0.6 is 34.8 Å². The maximum atomic E-state index is 9.13. The van der Waals surface area contributed by atoms with E-state index in [0.29, 0.717) is 16.1 Å². The van der Waals surface area contributed by atoms with Crippen LogP contribution in [0.15, 0.2) is 6.07 Å². The minimum absolute atomic E-state index is 0.106. The van der Waals surface area contributed by atoms with Crippen molar-refractivity contribution in [2.75, 3.05) is 0 Å². The lowest BCUT2D eigenvalue weighted by Crippen LogP contribution is -2.30. The van der Waals surface area contributed by atoms with Gasteiger partial charge in [0.2, 0.25) is 0 Å². The van der Waals surface area contributed by atoms with Gasteiger partial charge < -0.3 is 10.0 Å². The Morgan fingerprint density at radius 2 is 1.94 bits per heavy atom. The average Bonchev–Trinajstić information content (AvgIpc) is 2.50. The highest BCUT2D eigenvalue weighted by Gasteiger charge is 2.23. The zero-order valence-corrected chi connectivity index (χ0v) is 10.3. The highest BCUT2D eigenvalue weighted by atomic mass is 35.5. The zero-order chi connectivity index (χ0) is 12.0. The van der Waals surface area contributed by atoms with Crippen molar-refractivity contribution < 1.29 is 10.0 Å². The van der Waals surface area contributed by atoms with Crippen LogP contribution in [0.4, 0.5) is 0 Å². The molecule has 0 atom stereocenters. The number of aryl methyl sites for hydroxylation is 1. The molecule has 0 saturated carbocycles. The van der Waals surface area contributed by atoms with Crippen LogP contribution in [0.1, 0.15) is 0 Å². The lowest BCUT2D eigenvalue weighted by atomic mass is 9.80. The Kier molecular flexibility index (Phi) is 3.07. The van der Waals surface area contributed by atoms with E-state index in [2.05, 4.69) is 5.10 Å². The van der Waals surface area contributed by atoms with Crippen LogP contribution in [0.25, 0.3) is 10.9 Å². The van der Waals surface area contributed by atoms with Gasteiger partial charge in [0.25, 0.3) is 0 Å². The van der Waals surface area contributed by atoms with Gasteiger partial charge in [-0.15, -0.1) is 0 Å². The molecule has 2 N–H and O–H groups in total. The number of halogens is 3. The molecule has 1 heterocycles. The Balaban J connectivity index is 2.92. The Labute approximate surface area is 106 Å². The molecule has 0 aliphatic carbocycles. The molecule has 1 aromatic carbocycles. The van der Waals surface area contributed by atoms with Gasteiger partial charge in [0.05, 0.1) is 15.4 Å². The van der Waals surface area contributed by atoms with Crippen molar-refractivity contribution in [1.82, 2.24) is 9.78 Å². The molecular formula is C8H6BCl3N2O2. The van der Waals surface area contributed by atoms with Gasteiger partial charge in [-0.1, -0.05) is 34.8 Å². The third-order valence-corrected chi connectivity index (χ3v) is 3.37. The Morgan fingerprint density at radius 3 is 2.50 bits per heavy atom. The monoisotopic (exact) mass is 278 g/mol. The van der Waals surface area contributed by atoms with Crippen LogP contribution in [0, 0.1) is 0 Å². The van der Waals surface area contributed by atoms with Crippen molar-refractivity contribution >= 4 is 58.3 Å². The minimum atomic E-state index is -1.70. The molecule has 0 unspecified atom stereocenters. The predicted molar refractivity (Wildman–Crippen MR) is 65.6 cm³/mol. The van der Waals surface area contributed by atoms with Crippen LogP contribution in [0.3, 0.4) is 0 Å². The van der Waals surface area contributed by atoms with E-state index in [1.165, 1.54) is 10.7 Å². The first-order valence-corrected chi connectivity index (χ1v) is 5.43. The van der Waals surface area contributed by atoms with Gasteiger partial charge in [-0.2, -0.15) is 5.10 Å². The van der Waals surface area contributed by atoms with Crippen LogP contribution in [-0.2, 0) is 7.05 Å². The second kappa shape index (κ2) is 4.09. The van der Waals surface area contributed by atoms with Crippen LogP contribution in [-0.4, -0.2) is 26.9 Å². The van der Waals surface area contributed by atoms with Gasteiger partial charge in [0.15, 0.2) is 0 Å². The summed E-state index contributed by atoms with van der Waals surface area (Å²) < 4.78 is 1.41. The summed E-state index contributed by atoms with van der Waals surface area (Å²) in [5, 5.41) is 23.5. The second-order valence-corrected chi connectivity index (χ2v) is 4.42. The molecule has 0 saturated heterocycles. The number of fused-ring (bicyclic) bond motifs is 1. The van der Waals surface area contributed by atoms with Gasteiger partial charge in [-0.25, -0.2) is 0 Å². The summed E-state index contributed by atoms with van der Waals surface area (Å²) in [7, 11) is -0.0602. The normalized spacial score (nSPS) is 11.1. The van der Waals surface area contributed by atoms with Gasteiger partial charge in [0, 0.05) is 12.5 Å². The van der Waals surface area contributed by atoms with Crippen molar-refractivity contribution in [3.05, 3.63) is 21.3 Å². The van der Waals surface area contributed by atoms with Gasteiger partial charge in [-0.3, -0.25) is 4.68 Å². The number of hydrogen-bond donors (Lipinski definition) is 2. The van der Waals surface area contributed by atoms with E-state index in [1.807, 2.05) is 0 Å². The molecule has 0 aliphatic rings. The quantitative estimate of drug-likeness (QED) is 0.772. The predicted octanol–water partition coefficient (Wildman–Crippen LogP) is 1.21. The van der Waals surface area contributed by atoms with Crippen LogP contribution in [0.5, 0.6) is 0 Å². The Hall–Kier alpha value is -0.455. The fraction of sp³-hybridized carbons (Fsp3) is 0.125. The number of benzene rings is 1. The topological polar surface area (TPSA) is 58.3 Å². The molecule has 2 aromatic rings. The standard InChI is InChI=1S/C8H6BCl3N2O2/c1-14-8(12)5-6(11)3(9(15)16)2-4(10)7(5)13-14/h2,15-16H,1H3. The van der Waals surface area contributed by atoms with Crippen molar-refractivity contribution in [1.29, 1.82) is 0 Å². The fourth-order valence-electron chi connectivity index (χ4n) is 1.47. The smallest absolute Gasteiger partial charge is 0.423 e. The molecule has 16 heavy (non-hydrogen) atoms. The summed E-state index contributed by atoms with van der Waals surface area (Å²) in [4.78, 5) is 0. The first-order chi connectivity index (χ1) is 7.43. The summed E-state index contributed by atoms with van der Waals surface area (Å²) in [6.45, 7) is 0. The Bertz CT molecular complexity index is 570. The molecule has 0 radical (unpaired) electrons. The van der Waals surface area contributed by atoms with E-state index in [1.54, 1.807) is 7.05 Å². The molecule has 84 valence electrons. The van der Waals surface area contributed by atoms with Gasteiger partial charge in [-0.05, 0) is 6.07 Å². The highest BCUT2D eigenvalue weighted by molar-refractivity contribution is 6.65. The molecule has 0 bridgehead atoms. The number of rotatable bonds is 1. The molecule has 4 nitrogen and oxygen atoms in total. The lowest BCUT2D eigenvalue weighted by Gasteiger charge is -2.05. The number of nitrogens with zero attached hydrogens (tertiary/aromatic N) is 2. The van der Waals surface area contributed by atoms with Crippen molar-refractivity contribution in [2.45, 2.75) is 0 Å². The minimum Gasteiger partial charge on any atom is -0.423 e. The fourth-order valence-corrected chi connectivity index (χ4v) is 2.32.